The number of hydrogen-bond donors (Lipinski definition) is 4. The molecule has 0 aliphatic rings. The summed E-state index contributed by atoms with van der Waals surface area (Å²) in [7, 11) is -3.07. The Bertz CT molecular complexity index is 1020. The lowest BCUT2D eigenvalue weighted by molar-refractivity contribution is 0.426. The minimum Gasteiger partial charge on any atom is -0.423 e. The lowest BCUT2D eigenvalue weighted by Crippen LogP contribution is -2.29. The van der Waals surface area contributed by atoms with Crippen molar-refractivity contribution in [1.29, 1.82) is 0 Å². The Balaban J connectivity index is 0.000000132. The van der Waals surface area contributed by atoms with Crippen LogP contribution >= 0.6 is 11.3 Å². The van der Waals surface area contributed by atoms with Gasteiger partial charge in [-0.15, -0.1) is 0 Å². The van der Waals surface area contributed by atoms with Crippen LogP contribution in [-0.2, 0) is 0 Å². The molecule has 0 aliphatic carbocycles. The van der Waals surface area contributed by atoms with E-state index in [-0.39, 0.29) is 0 Å². The van der Waals surface area contributed by atoms with Crippen molar-refractivity contribution in [3.63, 3.8) is 0 Å². The van der Waals surface area contributed by atoms with Crippen LogP contribution in [-0.4, -0.2) is 54.3 Å². The van der Waals surface area contributed by atoms with Crippen LogP contribution in [0.3, 0.4) is 0 Å². The highest BCUT2D eigenvalue weighted by Gasteiger charge is 2.18. The van der Waals surface area contributed by atoms with Crippen molar-refractivity contribution in [1.82, 2.24) is 19.9 Å². The summed E-state index contributed by atoms with van der Waals surface area (Å²) in [6.45, 7) is 0. The molecule has 5 rings (SSSR count). The smallest absolute Gasteiger partial charge is 0.423 e. The second-order valence-corrected chi connectivity index (χ2v) is 7.24. The summed E-state index contributed by atoms with van der Waals surface area (Å²) in [5, 5.41) is 36.7. The molecule has 4 N–H and O–H groups in total. The van der Waals surface area contributed by atoms with Gasteiger partial charge in [0.1, 0.15) is 0 Å². The quantitative estimate of drug-likeness (QED) is 0.294. The van der Waals surface area contributed by atoms with Gasteiger partial charge in [0.2, 0.25) is 0 Å². The van der Waals surface area contributed by atoms with Crippen LogP contribution in [0.25, 0.3) is 22.1 Å². The maximum atomic E-state index is 8.62. The van der Waals surface area contributed by atoms with Crippen LogP contribution in [0.4, 0.5) is 0 Å². The Hall–Kier alpha value is -3.21. The molecule has 5 aromatic heterocycles. The van der Waals surface area contributed by atoms with Crippen molar-refractivity contribution in [2.24, 2.45) is 0 Å². The normalized spacial score (nSPS) is 9.94. The molecular weight excluding hydrogens is 414 g/mol. The third kappa shape index (κ3) is 6.64. The molecule has 0 fully saturated rings. The third-order valence-corrected chi connectivity index (χ3v) is 5.07. The van der Waals surface area contributed by atoms with E-state index in [0.717, 1.165) is 33.4 Å². The van der Waals surface area contributed by atoms with E-state index in [1.807, 2.05) is 48.5 Å². The molecule has 0 saturated heterocycles. The van der Waals surface area contributed by atoms with E-state index in [2.05, 4.69) is 19.9 Å². The highest BCUT2D eigenvalue weighted by molar-refractivity contribution is 7.29. The summed E-state index contributed by atoms with van der Waals surface area (Å²) < 4.78 is 0.598. The molecule has 0 saturated carbocycles. The molecule has 0 atom stereocenters. The van der Waals surface area contributed by atoms with Gasteiger partial charge < -0.3 is 20.1 Å². The van der Waals surface area contributed by atoms with Gasteiger partial charge in [0.15, 0.2) is 11.3 Å². The van der Waals surface area contributed by atoms with Crippen LogP contribution < -0.4 is 9.55 Å². The number of fused-ring (bicyclic) bond motifs is 2. The maximum Gasteiger partial charge on any atom is 0.499 e. The predicted octanol–water partition coefficient (Wildman–Crippen LogP) is 0.367. The zero-order valence-corrected chi connectivity index (χ0v) is 17.0. The fourth-order valence-electron chi connectivity index (χ4n) is 2.46. The monoisotopic (exact) mass is 432 g/mol. The Kier molecular flexibility index (Phi) is 8.16. The molecule has 0 bridgehead atoms. The minimum atomic E-state index is -1.53. The Labute approximate surface area is 182 Å². The molecular formula is C20H18B2N4O4S. The summed E-state index contributed by atoms with van der Waals surface area (Å²) in [5.41, 5.74) is 1.62. The van der Waals surface area contributed by atoms with Gasteiger partial charge in [-0.3, -0.25) is 0 Å². The van der Waals surface area contributed by atoms with Gasteiger partial charge in [-0.25, -0.2) is 19.9 Å². The van der Waals surface area contributed by atoms with Gasteiger partial charge in [0, 0.05) is 45.1 Å². The summed E-state index contributed by atoms with van der Waals surface area (Å²) in [6.07, 6.45) is 6.98. The average molecular weight is 432 g/mol. The highest BCUT2D eigenvalue weighted by Crippen LogP contribution is 2.05. The third-order valence-electron chi connectivity index (χ3n) is 3.91. The maximum absolute atomic E-state index is 8.62. The first kappa shape index (κ1) is 22.5. The molecule has 5 aromatic rings. The van der Waals surface area contributed by atoms with Crippen molar-refractivity contribution >= 4 is 57.2 Å². The van der Waals surface area contributed by atoms with Crippen molar-refractivity contribution in [2.45, 2.75) is 0 Å². The first-order valence-corrected chi connectivity index (χ1v) is 9.99. The number of thiophene rings is 1. The van der Waals surface area contributed by atoms with Gasteiger partial charge in [-0.1, -0.05) is 12.1 Å². The van der Waals surface area contributed by atoms with E-state index >= 15 is 0 Å². The second kappa shape index (κ2) is 11.3. The number of pyridine rings is 4. The van der Waals surface area contributed by atoms with Crippen LogP contribution in [0.5, 0.6) is 0 Å². The Morgan fingerprint density at radius 1 is 0.516 bits per heavy atom. The second-order valence-electron chi connectivity index (χ2n) is 6.09. The van der Waals surface area contributed by atoms with E-state index < -0.39 is 14.2 Å². The van der Waals surface area contributed by atoms with Crippen LogP contribution in [0, 0.1) is 0 Å². The Morgan fingerprint density at radius 2 is 0.839 bits per heavy atom. The molecule has 154 valence electrons. The standard InChI is InChI=1S/2C8H6N2.C4H6B2O4S/c2*1-3-7-4-2-6-10-8(7)9-5-1;7-5(8)3-1-2-4(11-3)6(9)10/h2*1-6H;1-2,7-10H. The highest BCUT2D eigenvalue weighted by atomic mass is 32.1. The lowest BCUT2D eigenvalue weighted by atomic mass is 9.87. The molecule has 5 heterocycles. The average Bonchev–Trinajstić information content (AvgIpc) is 3.32. The van der Waals surface area contributed by atoms with E-state index in [9.17, 15) is 0 Å². The van der Waals surface area contributed by atoms with Crippen molar-refractivity contribution in [3.05, 3.63) is 85.5 Å². The number of hydrogen-bond acceptors (Lipinski definition) is 9. The molecule has 0 spiro atoms. The fourth-order valence-corrected chi connectivity index (χ4v) is 3.22. The van der Waals surface area contributed by atoms with E-state index in [4.69, 9.17) is 20.1 Å². The van der Waals surface area contributed by atoms with Gasteiger partial charge in [0.25, 0.3) is 0 Å². The molecule has 0 aliphatic heterocycles. The van der Waals surface area contributed by atoms with Crippen LogP contribution in [0.1, 0.15) is 0 Å². The van der Waals surface area contributed by atoms with Gasteiger partial charge in [-0.2, -0.15) is 11.3 Å². The molecule has 0 aromatic carbocycles. The number of rotatable bonds is 2. The molecule has 0 unspecified atom stereocenters. The molecule has 31 heavy (non-hydrogen) atoms. The predicted molar refractivity (Wildman–Crippen MR) is 123 cm³/mol. The van der Waals surface area contributed by atoms with Gasteiger partial charge >= 0.3 is 14.2 Å². The first-order valence-electron chi connectivity index (χ1n) is 9.18. The Morgan fingerprint density at radius 3 is 1.06 bits per heavy atom. The van der Waals surface area contributed by atoms with Crippen molar-refractivity contribution in [3.8, 4) is 0 Å². The molecule has 8 nitrogen and oxygen atoms in total. The molecule has 0 radical (unpaired) electrons. The zero-order valence-electron chi connectivity index (χ0n) is 16.2. The molecule has 11 heteroatoms. The fraction of sp³-hybridized carbons (Fsp3) is 0. The minimum absolute atomic E-state index is 0.299. The van der Waals surface area contributed by atoms with Gasteiger partial charge in [0.05, 0.1) is 0 Å². The SMILES string of the molecule is OB(O)c1ccc(B(O)O)s1.c1cnc2ncccc2c1.c1cnc2ncccc2c1. The number of nitrogens with zero attached hydrogens (tertiary/aromatic N) is 4. The van der Waals surface area contributed by atoms with E-state index in [1.165, 1.54) is 12.1 Å². The number of aromatic nitrogens is 4. The first-order chi connectivity index (χ1) is 15.0. The topological polar surface area (TPSA) is 132 Å². The largest absolute Gasteiger partial charge is 0.499 e. The van der Waals surface area contributed by atoms with Crippen molar-refractivity contribution in [2.75, 3.05) is 0 Å². The van der Waals surface area contributed by atoms with E-state index in [1.54, 1.807) is 24.8 Å². The zero-order chi connectivity index (χ0) is 22.1. The van der Waals surface area contributed by atoms with Crippen LogP contribution in [0.2, 0.25) is 0 Å². The van der Waals surface area contributed by atoms with Crippen LogP contribution in [0.15, 0.2) is 85.5 Å². The summed E-state index contributed by atoms with van der Waals surface area (Å²) in [4.78, 5) is 16.3. The summed E-state index contributed by atoms with van der Waals surface area (Å²) in [6, 6.07) is 18.5. The lowest BCUT2D eigenvalue weighted by Gasteiger charge is -1.91. The van der Waals surface area contributed by atoms with Gasteiger partial charge in [-0.05, 0) is 48.5 Å². The summed E-state index contributed by atoms with van der Waals surface area (Å²) >= 11 is 0.949. The van der Waals surface area contributed by atoms with E-state index in [0.29, 0.717) is 9.55 Å². The molecule has 0 amide bonds. The van der Waals surface area contributed by atoms with Crippen molar-refractivity contribution < 1.29 is 20.1 Å². The summed E-state index contributed by atoms with van der Waals surface area (Å²) in [5.74, 6) is 0.